The van der Waals surface area contributed by atoms with E-state index in [0.717, 1.165) is 57.6 Å². The van der Waals surface area contributed by atoms with Crippen LogP contribution in [0.15, 0.2) is 18.2 Å². The van der Waals surface area contributed by atoms with Gasteiger partial charge in [0.05, 0.1) is 12.9 Å². The Morgan fingerprint density at radius 1 is 1.30 bits per heavy atom. The number of rotatable bonds is 7. The number of fused-ring (bicyclic) bond motifs is 1. The second-order valence-corrected chi connectivity index (χ2v) is 10.1. The van der Waals surface area contributed by atoms with E-state index in [1.807, 2.05) is 0 Å². The zero-order valence-corrected chi connectivity index (χ0v) is 17.8. The molecule has 0 saturated carbocycles. The van der Waals surface area contributed by atoms with Crippen molar-refractivity contribution >= 4 is 10.0 Å². The zero-order chi connectivity index (χ0) is 19.4. The van der Waals surface area contributed by atoms with Crippen LogP contribution >= 0.6 is 0 Å². The maximum Gasteiger partial charge on any atom is 0.211 e. The molecule has 27 heavy (non-hydrogen) atoms. The number of benzene rings is 1. The number of hydrogen-bond acceptors (Lipinski definition) is 4. The molecule has 2 aliphatic heterocycles. The molecule has 2 heterocycles. The minimum atomic E-state index is -3.04. The molecule has 2 aliphatic rings. The highest BCUT2D eigenvalue weighted by atomic mass is 32.2. The molecule has 0 bridgehead atoms. The summed E-state index contributed by atoms with van der Waals surface area (Å²) in [5.41, 5.74) is 2.74. The third-order valence-electron chi connectivity index (χ3n) is 6.07. The molecule has 1 aromatic carbocycles. The lowest BCUT2D eigenvalue weighted by Gasteiger charge is -2.36. The molecule has 152 valence electrons. The first-order valence-electron chi connectivity index (χ1n) is 10.3. The van der Waals surface area contributed by atoms with Crippen LogP contribution in [0.4, 0.5) is 0 Å². The Hall–Kier alpha value is -1.11. The van der Waals surface area contributed by atoms with E-state index in [1.165, 1.54) is 17.4 Å². The van der Waals surface area contributed by atoms with E-state index in [1.54, 1.807) is 4.31 Å². The smallest absolute Gasteiger partial charge is 0.211 e. The summed E-state index contributed by atoms with van der Waals surface area (Å²) in [4.78, 5) is 2.55. The second-order valence-electron chi connectivity index (χ2n) is 8.14. The van der Waals surface area contributed by atoms with E-state index < -0.39 is 10.0 Å². The van der Waals surface area contributed by atoms with Crippen LogP contribution in [0.2, 0.25) is 0 Å². The van der Waals surface area contributed by atoms with Gasteiger partial charge < -0.3 is 9.64 Å². The van der Waals surface area contributed by atoms with Crippen molar-refractivity contribution in [3.05, 3.63) is 29.3 Å². The van der Waals surface area contributed by atoms with E-state index in [2.05, 4.69) is 36.9 Å². The molecular formula is C21H34N2O3S. The van der Waals surface area contributed by atoms with E-state index in [-0.39, 0.29) is 0 Å². The standard InChI is InChI=1S/C21H34N2O3S/c1-4-22(16-18-9-11-23(12-10-18)27(3,24)25)17(2)14-19-7-8-21-20(15-19)6-5-13-26-21/h7-8,15,17-18H,4-6,9-14,16H2,1-3H3. The normalized spacial score (nSPS) is 20.3. The van der Waals surface area contributed by atoms with Gasteiger partial charge in [-0.15, -0.1) is 0 Å². The Morgan fingerprint density at radius 2 is 2.04 bits per heavy atom. The maximum absolute atomic E-state index is 11.7. The van der Waals surface area contributed by atoms with Crippen molar-refractivity contribution in [2.45, 2.75) is 52.0 Å². The number of nitrogens with zero attached hydrogens (tertiary/aromatic N) is 2. The number of aryl methyl sites for hydroxylation is 1. The molecule has 0 spiro atoms. The molecule has 0 amide bonds. The van der Waals surface area contributed by atoms with Gasteiger partial charge >= 0.3 is 0 Å². The van der Waals surface area contributed by atoms with Crippen LogP contribution in [0, 0.1) is 5.92 Å². The lowest BCUT2D eigenvalue weighted by atomic mass is 9.95. The first-order valence-corrected chi connectivity index (χ1v) is 12.2. The van der Waals surface area contributed by atoms with Gasteiger partial charge in [0.2, 0.25) is 10.0 Å². The van der Waals surface area contributed by atoms with Crippen molar-refractivity contribution in [3.63, 3.8) is 0 Å². The molecule has 1 aromatic rings. The molecule has 1 fully saturated rings. The van der Waals surface area contributed by atoms with Crippen LogP contribution in [0.3, 0.4) is 0 Å². The average Bonchev–Trinajstić information content (AvgIpc) is 2.65. The van der Waals surface area contributed by atoms with Gasteiger partial charge in [-0.1, -0.05) is 19.1 Å². The van der Waals surface area contributed by atoms with Crippen LogP contribution in [0.1, 0.15) is 44.2 Å². The molecule has 0 radical (unpaired) electrons. The minimum absolute atomic E-state index is 0.477. The van der Waals surface area contributed by atoms with Crippen molar-refractivity contribution in [3.8, 4) is 5.75 Å². The molecule has 0 N–H and O–H groups in total. The first kappa shape index (κ1) is 20.6. The van der Waals surface area contributed by atoms with E-state index in [9.17, 15) is 8.42 Å². The summed E-state index contributed by atoms with van der Waals surface area (Å²) in [6.07, 6.45) is 6.52. The fourth-order valence-electron chi connectivity index (χ4n) is 4.39. The van der Waals surface area contributed by atoms with Gasteiger partial charge in [0.15, 0.2) is 0 Å². The van der Waals surface area contributed by atoms with Crippen molar-refractivity contribution in [1.82, 2.24) is 9.21 Å². The predicted molar refractivity (Wildman–Crippen MR) is 110 cm³/mol. The van der Waals surface area contributed by atoms with Crippen LogP contribution < -0.4 is 4.74 Å². The minimum Gasteiger partial charge on any atom is -0.493 e. The van der Waals surface area contributed by atoms with Gasteiger partial charge in [0.1, 0.15) is 5.75 Å². The molecule has 5 nitrogen and oxygen atoms in total. The van der Waals surface area contributed by atoms with Gasteiger partial charge in [0.25, 0.3) is 0 Å². The largest absolute Gasteiger partial charge is 0.493 e. The highest BCUT2D eigenvalue weighted by Gasteiger charge is 2.27. The highest BCUT2D eigenvalue weighted by molar-refractivity contribution is 7.88. The Kier molecular flexibility index (Phi) is 6.82. The van der Waals surface area contributed by atoms with Gasteiger partial charge in [-0.25, -0.2) is 12.7 Å². The molecule has 0 aromatic heterocycles. The number of hydrogen-bond donors (Lipinski definition) is 0. The quantitative estimate of drug-likeness (QED) is 0.713. The first-order chi connectivity index (χ1) is 12.9. The van der Waals surface area contributed by atoms with Crippen LogP contribution in [0.25, 0.3) is 0 Å². The van der Waals surface area contributed by atoms with E-state index in [0.29, 0.717) is 25.0 Å². The van der Waals surface area contributed by atoms with E-state index in [4.69, 9.17) is 4.74 Å². The number of likely N-dealkylation sites (N-methyl/N-ethyl adjacent to an activating group) is 1. The molecule has 0 aliphatic carbocycles. The Morgan fingerprint density at radius 3 is 2.70 bits per heavy atom. The summed E-state index contributed by atoms with van der Waals surface area (Å²) in [5, 5.41) is 0. The van der Waals surface area contributed by atoms with Crippen LogP contribution in [-0.2, 0) is 22.9 Å². The third kappa shape index (κ3) is 5.46. The lowest BCUT2D eigenvalue weighted by molar-refractivity contribution is 0.152. The molecule has 6 heteroatoms. The Labute approximate surface area is 164 Å². The Bertz CT molecular complexity index is 727. The van der Waals surface area contributed by atoms with Crippen molar-refractivity contribution in [2.75, 3.05) is 39.0 Å². The molecule has 3 rings (SSSR count). The zero-order valence-electron chi connectivity index (χ0n) is 17.0. The molecule has 1 unspecified atom stereocenters. The summed E-state index contributed by atoms with van der Waals surface area (Å²) in [5.74, 6) is 1.64. The van der Waals surface area contributed by atoms with Gasteiger partial charge in [-0.3, -0.25) is 0 Å². The second kappa shape index (κ2) is 8.93. The number of piperidine rings is 1. The van der Waals surface area contributed by atoms with Gasteiger partial charge in [-0.2, -0.15) is 0 Å². The van der Waals surface area contributed by atoms with Crippen molar-refractivity contribution in [2.24, 2.45) is 5.92 Å². The maximum atomic E-state index is 11.7. The number of sulfonamides is 1. The topological polar surface area (TPSA) is 49.9 Å². The summed E-state index contributed by atoms with van der Waals surface area (Å²) in [7, 11) is -3.04. The van der Waals surface area contributed by atoms with E-state index >= 15 is 0 Å². The van der Waals surface area contributed by atoms with Gasteiger partial charge in [-0.05, 0) is 68.7 Å². The van der Waals surface area contributed by atoms with Crippen LogP contribution in [0.5, 0.6) is 5.75 Å². The summed E-state index contributed by atoms with van der Waals surface area (Å²) in [6, 6.07) is 7.14. The van der Waals surface area contributed by atoms with Crippen LogP contribution in [-0.4, -0.2) is 62.7 Å². The molecule has 1 atom stereocenters. The predicted octanol–water partition coefficient (Wildman–Crippen LogP) is 2.94. The average molecular weight is 395 g/mol. The number of ether oxygens (including phenoxy) is 1. The summed E-state index contributed by atoms with van der Waals surface area (Å²) >= 11 is 0. The fourth-order valence-corrected chi connectivity index (χ4v) is 5.26. The van der Waals surface area contributed by atoms with Crippen molar-refractivity contribution in [1.29, 1.82) is 0 Å². The summed E-state index contributed by atoms with van der Waals surface area (Å²) < 4.78 is 30.7. The summed E-state index contributed by atoms with van der Waals surface area (Å²) in [6.45, 7) is 8.80. The molecule has 1 saturated heterocycles. The third-order valence-corrected chi connectivity index (χ3v) is 7.37. The Balaban J connectivity index is 1.54. The SMILES string of the molecule is CCN(CC1CCN(S(C)(=O)=O)CC1)C(C)Cc1ccc2c(c1)CCCO2. The highest BCUT2D eigenvalue weighted by Crippen LogP contribution is 2.27. The lowest BCUT2D eigenvalue weighted by Crippen LogP contribution is -2.43. The van der Waals surface area contributed by atoms with Crippen molar-refractivity contribution < 1.29 is 13.2 Å². The monoisotopic (exact) mass is 394 g/mol. The molecular weight excluding hydrogens is 360 g/mol. The van der Waals surface area contributed by atoms with Gasteiger partial charge in [0, 0.05) is 25.7 Å². The fraction of sp³-hybridized carbons (Fsp3) is 0.714.